The molecule has 0 unspecified atom stereocenters. The lowest BCUT2D eigenvalue weighted by Crippen LogP contribution is -2.30. The van der Waals surface area contributed by atoms with E-state index in [1.165, 1.54) is 0 Å². The van der Waals surface area contributed by atoms with Crippen LogP contribution in [0.5, 0.6) is 5.75 Å². The van der Waals surface area contributed by atoms with E-state index in [9.17, 15) is 4.79 Å². The van der Waals surface area contributed by atoms with Gasteiger partial charge in [-0.05, 0) is 49.2 Å². The minimum Gasteiger partial charge on any atom is -0.481 e. The number of carbonyl (C=O) groups is 1. The molecule has 3 aromatic rings. The van der Waals surface area contributed by atoms with Crippen molar-refractivity contribution in [2.75, 3.05) is 5.32 Å². The topological polar surface area (TPSA) is 38.3 Å². The predicted molar refractivity (Wildman–Crippen MR) is 112 cm³/mol. The Balaban J connectivity index is 1.70. The van der Waals surface area contributed by atoms with Crippen LogP contribution >= 0.6 is 11.8 Å². The minimum atomic E-state index is -0.590. The Morgan fingerprint density at radius 3 is 2.41 bits per heavy atom. The van der Waals surface area contributed by atoms with Crippen molar-refractivity contribution in [3.63, 3.8) is 0 Å². The first kappa shape index (κ1) is 19.1. The zero-order valence-electron chi connectivity index (χ0n) is 15.5. The van der Waals surface area contributed by atoms with Crippen LogP contribution in [0.3, 0.4) is 0 Å². The highest BCUT2D eigenvalue weighted by atomic mass is 32.2. The van der Waals surface area contributed by atoms with Crippen molar-refractivity contribution in [2.45, 2.75) is 36.2 Å². The summed E-state index contributed by atoms with van der Waals surface area (Å²) in [5, 5.41) is 3.00. The summed E-state index contributed by atoms with van der Waals surface area (Å²) < 4.78 is 5.91. The van der Waals surface area contributed by atoms with Gasteiger partial charge in [-0.3, -0.25) is 4.79 Å². The van der Waals surface area contributed by atoms with E-state index in [0.717, 1.165) is 33.2 Å². The Bertz CT molecular complexity index is 896. The van der Waals surface area contributed by atoms with Crippen molar-refractivity contribution in [1.29, 1.82) is 0 Å². The largest absolute Gasteiger partial charge is 0.481 e. The van der Waals surface area contributed by atoms with E-state index in [1.807, 2.05) is 66.7 Å². The molecule has 0 saturated carbocycles. The Morgan fingerprint density at radius 2 is 1.63 bits per heavy atom. The lowest BCUT2D eigenvalue weighted by molar-refractivity contribution is -0.122. The van der Waals surface area contributed by atoms with Crippen molar-refractivity contribution in [3.8, 4) is 5.75 Å². The third kappa shape index (κ3) is 5.14. The molecule has 0 bridgehead atoms. The Morgan fingerprint density at radius 1 is 0.963 bits per heavy atom. The van der Waals surface area contributed by atoms with Crippen LogP contribution in [0.2, 0.25) is 0 Å². The fourth-order valence-corrected chi connectivity index (χ4v) is 3.59. The molecule has 138 valence electrons. The highest BCUT2D eigenvalue weighted by Crippen LogP contribution is 2.33. The molecule has 0 spiro atoms. The predicted octanol–water partition coefficient (Wildman–Crippen LogP) is 5.81. The second-order valence-corrected chi connectivity index (χ2v) is 7.24. The summed E-state index contributed by atoms with van der Waals surface area (Å²) in [6, 6.07) is 25.7. The maximum atomic E-state index is 12.7. The van der Waals surface area contributed by atoms with Crippen LogP contribution in [-0.2, 0) is 11.2 Å². The molecule has 0 saturated heterocycles. The van der Waals surface area contributed by atoms with Crippen molar-refractivity contribution in [3.05, 3.63) is 84.4 Å². The van der Waals surface area contributed by atoms with E-state index in [0.29, 0.717) is 0 Å². The molecular weight excluding hydrogens is 354 g/mol. The molecule has 3 nitrogen and oxygen atoms in total. The minimum absolute atomic E-state index is 0.165. The molecule has 3 aromatic carbocycles. The second-order valence-electron chi connectivity index (χ2n) is 6.12. The standard InChI is InChI=1S/C23H23NO2S/c1-3-18-11-7-9-15-21(18)26-17(2)23(25)24-20-14-8-10-16-22(20)27-19-12-5-4-6-13-19/h4-17H,3H2,1-2H3,(H,24,25)/t17-/m0/s1. The van der Waals surface area contributed by atoms with Gasteiger partial charge in [0.25, 0.3) is 5.91 Å². The van der Waals surface area contributed by atoms with Crippen LogP contribution < -0.4 is 10.1 Å². The second kappa shape index (κ2) is 9.28. The molecule has 0 aliphatic carbocycles. The number of anilines is 1. The molecule has 27 heavy (non-hydrogen) atoms. The molecular formula is C23H23NO2S. The number of benzene rings is 3. The van der Waals surface area contributed by atoms with Gasteiger partial charge in [0.1, 0.15) is 5.75 Å². The van der Waals surface area contributed by atoms with E-state index in [4.69, 9.17) is 4.74 Å². The first-order chi connectivity index (χ1) is 13.2. The highest BCUT2D eigenvalue weighted by molar-refractivity contribution is 7.99. The van der Waals surface area contributed by atoms with Gasteiger partial charge in [0, 0.05) is 9.79 Å². The van der Waals surface area contributed by atoms with Crippen LogP contribution in [0, 0.1) is 0 Å². The van der Waals surface area contributed by atoms with Gasteiger partial charge in [-0.1, -0.05) is 67.2 Å². The molecule has 1 atom stereocenters. The van der Waals surface area contributed by atoms with E-state index in [2.05, 4.69) is 24.4 Å². The summed E-state index contributed by atoms with van der Waals surface area (Å²) in [5.74, 6) is 0.594. The summed E-state index contributed by atoms with van der Waals surface area (Å²) in [6.45, 7) is 3.85. The average Bonchev–Trinajstić information content (AvgIpc) is 2.70. The number of carbonyl (C=O) groups excluding carboxylic acids is 1. The van der Waals surface area contributed by atoms with Crippen molar-refractivity contribution < 1.29 is 9.53 Å². The maximum absolute atomic E-state index is 12.7. The van der Waals surface area contributed by atoms with Gasteiger partial charge in [-0.25, -0.2) is 0 Å². The third-order valence-corrected chi connectivity index (χ3v) is 5.23. The molecule has 0 aliphatic rings. The number of nitrogens with one attached hydrogen (secondary N) is 1. The molecule has 0 radical (unpaired) electrons. The zero-order chi connectivity index (χ0) is 19.1. The summed E-state index contributed by atoms with van der Waals surface area (Å²) in [4.78, 5) is 14.8. The molecule has 1 N–H and O–H groups in total. The van der Waals surface area contributed by atoms with E-state index in [-0.39, 0.29) is 5.91 Å². The lowest BCUT2D eigenvalue weighted by atomic mass is 10.1. The number of para-hydroxylation sites is 2. The molecule has 0 aromatic heterocycles. The summed E-state index contributed by atoms with van der Waals surface area (Å²) in [7, 11) is 0. The van der Waals surface area contributed by atoms with E-state index < -0.39 is 6.10 Å². The Kier molecular flexibility index (Phi) is 6.55. The van der Waals surface area contributed by atoms with Crippen LogP contribution in [0.25, 0.3) is 0 Å². The van der Waals surface area contributed by atoms with Crippen molar-refractivity contribution in [1.82, 2.24) is 0 Å². The number of ether oxygens (including phenoxy) is 1. The molecule has 0 heterocycles. The zero-order valence-corrected chi connectivity index (χ0v) is 16.3. The van der Waals surface area contributed by atoms with Crippen LogP contribution in [-0.4, -0.2) is 12.0 Å². The van der Waals surface area contributed by atoms with Gasteiger partial charge < -0.3 is 10.1 Å². The van der Waals surface area contributed by atoms with Crippen LogP contribution in [0.4, 0.5) is 5.69 Å². The van der Waals surface area contributed by atoms with Gasteiger partial charge in [-0.15, -0.1) is 0 Å². The average molecular weight is 378 g/mol. The lowest BCUT2D eigenvalue weighted by Gasteiger charge is -2.18. The van der Waals surface area contributed by atoms with Gasteiger partial charge in [0.15, 0.2) is 6.10 Å². The number of aryl methyl sites for hydroxylation is 1. The van der Waals surface area contributed by atoms with Gasteiger partial charge in [-0.2, -0.15) is 0 Å². The van der Waals surface area contributed by atoms with Gasteiger partial charge in [0.05, 0.1) is 5.69 Å². The molecule has 0 fully saturated rings. The van der Waals surface area contributed by atoms with E-state index in [1.54, 1.807) is 18.7 Å². The van der Waals surface area contributed by atoms with Crippen LogP contribution in [0.1, 0.15) is 19.4 Å². The third-order valence-electron chi connectivity index (χ3n) is 4.14. The number of hydrogen-bond donors (Lipinski definition) is 1. The fourth-order valence-electron chi connectivity index (χ4n) is 2.66. The maximum Gasteiger partial charge on any atom is 0.265 e. The quantitative estimate of drug-likeness (QED) is 0.565. The molecule has 1 amide bonds. The van der Waals surface area contributed by atoms with Crippen molar-refractivity contribution >= 4 is 23.4 Å². The highest BCUT2D eigenvalue weighted by Gasteiger charge is 2.17. The summed E-state index contributed by atoms with van der Waals surface area (Å²) >= 11 is 1.62. The Hall–Kier alpha value is -2.72. The monoisotopic (exact) mass is 377 g/mol. The normalized spacial score (nSPS) is 11.6. The fraction of sp³-hybridized carbons (Fsp3) is 0.174. The molecule has 0 aliphatic heterocycles. The Labute approximate surface area is 164 Å². The van der Waals surface area contributed by atoms with Gasteiger partial charge >= 0.3 is 0 Å². The smallest absolute Gasteiger partial charge is 0.265 e. The SMILES string of the molecule is CCc1ccccc1O[C@@H](C)C(=O)Nc1ccccc1Sc1ccccc1. The first-order valence-corrected chi connectivity index (χ1v) is 9.86. The molecule has 4 heteroatoms. The van der Waals surface area contributed by atoms with E-state index >= 15 is 0 Å². The summed E-state index contributed by atoms with van der Waals surface area (Å²) in [5.41, 5.74) is 1.88. The number of hydrogen-bond acceptors (Lipinski definition) is 3. The number of rotatable bonds is 7. The summed E-state index contributed by atoms with van der Waals surface area (Å²) in [6.07, 6.45) is 0.272. The number of amides is 1. The van der Waals surface area contributed by atoms with Gasteiger partial charge in [0.2, 0.25) is 0 Å². The molecule has 3 rings (SSSR count). The van der Waals surface area contributed by atoms with Crippen molar-refractivity contribution in [2.24, 2.45) is 0 Å². The first-order valence-electron chi connectivity index (χ1n) is 9.04. The van der Waals surface area contributed by atoms with Crippen LogP contribution in [0.15, 0.2) is 88.7 Å².